The lowest BCUT2D eigenvalue weighted by Gasteiger charge is -2.24. The molecular weight excluding hydrogens is 352 g/mol. The molecule has 146 valence electrons. The fourth-order valence-electron chi connectivity index (χ4n) is 2.92. The first kappa shape index (κ1) is 19.5. The fraction of sp³-hybridized carbons (Fsp3) is 0.273. The molecule has 28 heavy (non-hydrogen) atoms. The summed E-state index contributed by atoms with van der Waals surface area (Å²) in [6, 6.07) is 17.5. The molecule has 0 bridgehead atoms. The number of para-hydroxylation sites is 1. The summed E-state index contributed by atoms with van der Waals surface area (Å²) in [6.45, 7) is 4.96. The van der Waals surface area contributed by atoms with Gasteiger partial charge in [0.05, 0.1) is 13.7 Å². The van der Waals surface area contributed by atoms with E-state index in [2.05, 4.69) is 14.9 Å². The summed E-state index contributed by atoms with van der Waals surface area (Å²) in [5, 5.41) is 2.97. The Morgan fingerprint density at radius 3 is 2.50 bits per heavy atom. The highest BCUT2D eigenvalue weighted by Gasteiger charge is 2.19. The Morgan fingerprint density at radius 2 is 1.86 bits per heavy atom. The van der Waals surface area contributed by atoms with Crippen LogP contribution in [0.1, 0.15) is 25.2 Å². The first-order chi connectivity index (χ1) is 13.6. The molecule has 0 spiro atoms. The standard InChI is InChI=1S/C22H26N4O2/c1-17(2)24-22(27)26(19-7-5-4-6-8-19)16-21-23-13-14-25(21)15-18-9-11-20(28-3)12-10-18/h4-14,17H,15-16H2,1-3H3,(H,24,27). The normalized spacial score (nSPS) is 10.7. The number of rotatable bonds is 7. The van der Waals surface area contributed by atoms with Crippen molar-refractivity contribution < 1.29 is 9.53 Å². The molecule has 0 radical (unpaired) electrons. The lowest BCUT2D eigenvalue weighted by Crippen LogP contribution is -2.43. The van der Waals surface area contributed by atoms with Crippen LogP contribution in [0.5, 0.6) is 5.75 Å². The number of benzene rings is 2. The maximum Gasteiger partial charge on any atom is 0.322 e. The van der Waals surface area contributed by atoms with Gasteiger partial charge in [-0.05, 0) is 43.7 Å². The Morgan fingerprint density at radius 1 is 1.14 bits per heavy atom. The van der Waals surface area contributed by atoms with Crippen LogP contribution in [-0.4, -0.2) is 28.7 Å². The maximum atomic E-state index is 12.8. The molecule has 2 aromatic carbocycles. The third-order valence-electron chi connectivity index (χ3n) is 4.34. The van der Waals surface area contributed by atoms with Crippen molar-refractivity contribution in [2.24, 2.45) is 0 Å². The Labute approximate surface area is 165 Å². The van der Waals surface area contributed by atoms with E-state index < -0.39 is 0 Å². The Balaban J connectivity index is 1.81. The number of amides is 2. The predicted molar refractivity (Wildman–Crippen MR) is 111 cm³/mol. The van der Waals surface area contributed by atoms with Gasteiger partial charge in [-0.1, -0.05) is 30.3 Å². The second-order valence-corrected chi connectivity index (χ2v) is 6.85. The highest BCUT2D eigenvalue weighted by atomic mass is 16.5. The van der Waals surface area contributed by atoms with Crippen molar-refractivity contribution in [3.8, 4) is 5.75 Å². The van der Waals surface area contributed by atoms with E-state index in [1.54, 1.807) is 18.2 Å². The molecule has 1 aromatic heterocycles. The van der Waals surface area contributed by atoms with E-state index in [9.17, 15) is 4.79 Å². The van der Waals surface area contributed by atoms with Gasteiger partial charge in [0.2, 0.25) is 0 Å². The molecule has 0 saturated heterocycles. The summed E-state index contributed by atoms with van der Waals surface area (Å²) < 4.78 is 7.27. The third-order valence-corrected chi connectivity index (χ3v) is 4.34. The number of anilines is 1. The Bertz CT molecular complexity index is 888. The summed E-state index contributed by atoms with van der Waals surface area (Å²) in [7, 11) is 1.66. The van der Waals surface area contributed by atoms with Gasteiger partial charge in [-0.2, -0.15) is 0 Å². The van der Waals surface area contributed by atoms with Crippen LogP contribution in [0.25, 0.3) is 0 Å². The van der Waals surface area contributed by atoms with E-state index in [1.165, 1.54) is 0 Å². The van der Waals surface area contributed by atoms with Crippen LogP contribution in [0.3, 0.4) is 0 Å². The zero-order valence-electron chi connectivity index (χ0n) is 16.5. The van der Waals surface area contributed by atoms with Gasteiger partial charge in [0, 0.05) is 30.7 Å². The van der Waals surface area contributed by atoms with Gasteiger partial charge >= 0.3 is 6.03 Å². The van der Waals surface area contributed by atoms with E-state index in [4.69, 9.17) is 4.74 Å². The molecule has 3 rings (SSSR count). The van der Waals surface area contributed by atoms with Crippen molar-refractivity contribution in [3.05, 3.63) is 78.4 Å². The molecule has 0 saturated carbocycles. The fourth-order valence-corrected chi connectivity index (χ4v) is 2.92. The minimum Gasteiger partial charge on any atom is -0.497 e. The number of urea groups is 1. The third kappa shape index (κ3) is 4.91. The topological polar surface area (TPSA) is 59.4 Å². The van der Waals surface area contributed by atoms with E-state index in [0.29, 0.717) is 13.1 Å². The lowest BCUT2D eigenvalue weighted by atomic mass is 10.2. The predicted octanol–water partition coefficient (Wildman–Crippen LogP) is 4.06. The number of aromatic nitrogens is 2. The van der Waals surface area contributed by atoms with Crippen molar-refractivity contribution in [1.29, 1.82) is 0 Å². The van der Waals surface area contributed by atoms with Crippen LogP contribution in [0.15, 0.2) is 67.0 Å². The van der Waals surface area contributed by atoms with Gasteiger partial charge in [-0.15, -0.1) is 0 Å². The van der Waals surface area contributed by atoms with Crippen molar-refractivity contribution in [1.82, 2.24) is 14.9 Å². The molecule has 3 aromatic rings. The van der Waals surface area contributed by atoms with Gasteiger partial charge in [0.15, 0.2) is 0 Å². The molecule has 0 unspecified atom stereocenters. The number of ether oxygens (including phenoxy) is 1. The van der Waals surface area contributed by atoms with Crippen LogP contribution >= 0.6 is 0 Å². The Kier molecular flexibility index (Phi) is 6.32. The van der Waals surface area contributed by atoms with Crippen LogP contribution < -0.4 is 15.0 Å². The van der Waals surface area contributed by atoms with Crippen molar-refractivity contribution >= 4 is 11.7 Å². The number of nitrogens with zero attached hydrogens (tertiary/aromatic N) is 3. The van der Waals surface area contributed by atoms with Crippen LogP contribution in [0, 0.1) is 0 Å². The number of hydrogen-bond donors (Lipinski definition) is 1. The summed E-state index contributed by atoms with van der Waals surface area (Å²) in [5.74, 6) is 1.65. The number of carbonyl (C=O) groups excluding carboxylic acids is 1. The largest absolute Gasteiger partial charge is 0.497 e. The number of hydrogen-bond acceptors (Lipinski definition) is 3. The summed E-state index contributed by atoms with van der Waals surface area (Å²) in [6.07, 6.45) is 3.70. The van der Waals surface area contributed by atoms with E-state index in [1.807, 2.05) is 74.6 Å². The zero-order chi connectivity index (χ0) is 19.9. The first-order valence-corrected chi connectivity index (χ1v) is 9.33. The minimum atomic E-state index is -0.139. The molecule has 0 atom stereocenters. The average Bonchev–Trinajstić information content (AvgIpc) is 3.13. The zero-order valence-corrected chi connectivity index (χ0v) is 16.5. The molecule has 0 fully saturated rings. The molecule has 6 heteroatoms. The van der Waals surface area contributed by atoms with Crippen molar-refractivity contribution in [2.75, 3.05) is 12.0 Å². The number of methoxy groups -OCH3 is 1. The van der Waals surface area contributed by atoms with Crippen LogP contribution in [0.2, 0.25) is 0 Å². The number of nitrogens with one attached hydrogen (secondary N) is 1. The molecule has 6 nitrogen and oxygen atoms in total. The summed E-state index contributed by atoms with van der Waals surface area (Å²) in [5.41, 5.74) is 1.97. The quantitative estimate of drug-likeness (QED) is 0.674. The van der Waals surface area contributed by atoms with Gasteiger partial charge in [0.25, 0.3) is 0 Å². The molecule has 1 N–H and O–H groups in total. The molecule has 1 heterocycles. The van der Waals surface area contributed by atoms with Gasteiger partial charge in [0.1, 0.15) is 11.6 Å². The van der Waals surface area contributed by atoms with Gasteiger partial charge < -0.3 is 14.6 Å². The highest BCUT2D eigenvalue weighted by Crippen LogP contribution is 2.18. The minimum absolute atomic E-state index is 0.0535. The summed E-state index contributed by atoms with van der Waals surface area (Å²) in [4.78, 5) is 19.0. The number of imidazole rings is 1. The first-order valence-electron chi connectivity index (χ1n) is 9.33. The lowest BCUT2D eigenvalue weighted by molar-refractivity contribution is 0.243. The second-order valence-electron chi connectivity index (χ2n) is 6.85. The average molecular weight is 378 g/mol. The van der Waals surface area contributed by atoms with Crippen molar-refractivity contribution in [2.45, 2.75) is 33.0 Å². The molecule has 2 amide bonds. The van der Waals surface area contributed by atoms with Crippen LogP contribution in [-0.2, 0) is 13.1 Å². The smallest absolute Gasteiger partial charge is 0.322 e. The van der Waals surface area contributed by atoms with Crippen molar-refractivity contribution in [3.63, 3.8) is 0 Å². The summed E-state index contributed by atoms with van der Waals surface area (Å²) >= 11 is 0. The highest BCUT2D eigenvalue weighted by molar-refractivity contribution is 5.91. The van der Waals surface area contributed by atoms with Crippen LogP contribution in [0.4, 0.5) is 10.5 Å². The molecule has 0 aliphatic carbocycles. The van der Waals surface area contributed by atoms with E-state index >= 15 is 0 Å². The molecular formula is C22H26N4O2. The monoisotopic (exact) mass is 378 g/mol. The van der Waals surface area contributed by atoms with Gasteiger partial charge in [-0.25, -0.2) is 9.78 Å². The Hall–Kier alpha value is -3.28. The molecule has 0 aliphatic rings. The molecule has 0 aliphatic heterocycles. The number of carbonyl (C=O) groups is 1. The van der Waals surface area contributed by atoms with E-state index in [-0.39, 0.29) is 12.1 Å². The maximum absolute atomic E-state index is 12.8. The second kappa shape index (κ2) is 9.08. The van der Waals surface area contributed by atoms with E-state index in [0.717, 1.165) is 22.8 Å². The van der Waals surface area contributed by atoms with Gasteiger partial charge in [-0.3, -0.25) is 4.90 Å². The SMILES string of the molecule is COc1ccc(Cn2ccnc2CN(C(=O)NC(C)C)c2ccccc2)cc1.